The number of nitrogens with one attached hydrogen (secondary N) is 1. The molecule has 0 amide bonds. The zero-order chi connectivity index (χ0) is 14.2. The molecule has 1 aromatic rings. The lowest BCUT2D eigenvalue weighted by Crippen LogP contribution is -2.23. The molecule has 1 saturated carbocycles. The predicted octanol–water partition coefficient (Wildman–Crippen LogP) is 3.24. The number of hydrogen-bond donors (Lipinski definition) is 2. The number of aromatic carboxylic acids is 1. The highest BCUT2D eigenvalue weighted by molar-refractivity contribution is 5.94. The first-order valence-electron chi connectivity index (χ1n) is 6.81. The van der Waals surface area contributed by atoms with E-state index >= 15 is 0 Å². The normalized spacial score (nSPS) is 16.5. The Labute approximate surface area is 114 Å². The Kier molecular flexibility index (Phi) is 3.52. The third kappa shape index (κ3) is 2.72. The molecule has 0 atom stereocenters. The number of anilines is 1. The van der Waals surface area contributed by atoms with E-state index in [-0.39, 0.29) is 0 Å². The summed E-state index contributed by atoms with van der Waals surface area (Å²) in [5, 5.41) is 12.6. The smallest absolute Gasteiger partial charge is 0.339 e. The van der Waals surface area contributed by atoms with Gasteiger partial charge in [0, 0.05) is 12.2 Å². The van der Waals surface area contributed by atoms with Gasteiger partial charge in [-0.25, -0.2) is 9.78 Å². The monoisotopic (exact) mass is 262 g/mol. The molecule has 19 heavy (non-hydrogen) atoms. The van der Waals surface area contributed by atoms with Crippen LogP contribution in [-0.4, -0.2) is 22.6 Å². The number of rotatable bonds is 5. The van der Waals surface area contributed by atoms with Crippen molar-refractivity contribution < 1.29 is 9.90 Å². The molecule has 0 bridgehead atoms. The molecule has 2 rings (SSSR count). The third-order valence-electron chi connectivity index (χ3n) is 4.28. The van der Waals surface area contributed by atoms with Crippen LogP contribution >= 0.6 is 0 Å². The van der Waals surface area contributed by atoms with Gasteiger partial charge in [-0.15, -0.1) is 0 Å². The molecule has 1 aliphatic carbocycles. The highest BCUT2D eigenvalue weighted by Gasteiger charge is 2.45. The number of carboxylic acid groups (broad SMARTS) is 1. The Bertz CT molecular complexity index is 505. The predicted molar refractivity (Wildman–Crippen MR) is 75.7 cm³/mol. The van der Waals surface area contributed by atoms with Gasteiger partial charge in [-0.3, -0.25) is 0 Å². The topological polar surface area (TPSA) is 62.2 Å². The number of carboxylic acids is 1. The van der Waals surface area contributed by atoms with Crippen molar-refractivity contribution >= 4 is 11.8 Å². The van der Waals surface area contributed by atoms with E-state index in [0.29, 0.717) is 22.7 Å². The molecule has 0 spiro atoms. The van der Waals surface area contributed by atoms with Crippen LogP contribution in [-0.2, 0) is 0 Å². The second kappa shape index (κ2) is 4.83. The summed E-state index contributed by atoms with van der Waals surface area (Å²) in [6, 6.07) is 1.81. The Morgan fingerprint density at radius 3 is 2.58 bits per heavy atom. The Hall–Kier alpha value is -1.58. The van der Waals surface area contributed by atoms with E-state index in [1.165, 1.54) is 12.8 Å². The molecular formula is C15H22N2O2. The van der Waals surface area contributed by atoms with Crippen LogP contribution in [0.5, 0.6) is 0 Å². The number of nitrogens with zero attached hydrogens (tertiary/aromatic N) is 1. The van der Waals surface area contributed by atoms with Gasteiger partial charge < -0.3 is 10.4 Å². The Balaban J connectivity index is 2.22. The van der Waals surface area contributed by atoms with Gasteiger partial charge in [-0.2, -0.15) is 0 Å². The first-order chi connectivity index (χ1) is 8.85. The van der Waals surface area contributed by atoms with Crippen molar-refractivity contribution in [1.82, 2.24) is 4.98 Å². The molecule has 104 valence electrons. The fourth-order valence-corrected chi connectivity index (χ4v) is 2.61. The Morgan fingerprint density at radius 1 is 1.47 bits per heavy atom. The van der Waals surface area contributed by atoms with E-state index in [9.17, 15) is 9.90 Å². The van der Waals surface area contributed by atoms with Crippen molar-refractivity contribution in [3.63, 3.8) is 0 Å². The van der Waals surface area contributed by atoms with Crippen molar-refractivity contribution in [2.24, 2.45) is 11.3 Å². The summed E-state index contributed by atoms with van der Waals surface area (Å²) in [5.74, 6) is 0.206. The number of carbonyl (C=O) groups is 1. The van der Waals surface area contributed by atoms with Crippen molar-refractivity contribution in [2.75, 3.05) is 11.9 Å². The van der Waals surface area contributed by atoms with Crippen LogP contribution in [0.3, 0.4) is 0 Å². The summed E-state index contributed by atoms with van der Waals surface area (Å²) in [4.78, 5) is 15.7. The van der Waals surface area contributed by atoms with Gasteiger partial charge in [0.05, 0.1) is 0 Å². The Morgan fingerprint density at radius 2 is 2.11 bits per heavy atom. The maximum atomic E-state index is 11.3. The number of aryl methyl sites for hydroxylation is 2. The van der Waals surface area contributed by atoms with Crippen LogP contribution < -0.4 is 5.32 Å². The molecule has 0 saturated heterocycles. The lowest BCUT2D eigenvalue weighted by Gasteiger charge is -2.21. The fourth-order valence-electron chi connectivity index (χ4n) is 2.61. The molecule has 0 aromatic carbocycles. The van der Waals surface area contributed by atoms with Crippen LogP contribution in [0.2, 0.25) is 0 Å². The van der Waals surface area contributed by atoms with Crippen LogP contribution in [0, 0.1) is 25.2 Å². The molecule has 4 nitrogen and oxygen atoms in total. The van der Waals surface area contributed by atoms with Gasteiger partial charge in [0.2, 0.25) is 0 Å². The maximum absolute atomic E-state index is 11.3. The van der Waals surface area contributed by atoms with E-state index in [2.05, 4.69) is 24.1 Å². The van der Waals surface area contributed by atoms with Crippen molar-refractivity contribution in [3.8, 4) is 0 Å². The van der Waals surface area contributed by atoms with Crippen LogP contribution in [0.4, 0.5) is 5.82 Å². The van der Waals surface area contributed by atoms with Crippen molar-refractivity contribution in [3.05, 3.63) is 22.9 Å². The summed E-state index contributed by atoms with van der Waals surface area (Å²) in [5.41, 5.74) is 2.23. The van der Waals surface area contributed by atoms with Gasteiger partial charge in [-0.1, -0.05) is 13.8 Å². The molecule has 4 heteroatoms. The van der Waals surface area contributed by atoms with E-state index in [1.54, 1.807) is 0 Å². The number of aromatic nitrogens is 1. The van der Waals surface area contributed by atoms with Crippen LogP contribution in [0.25, 0.3) is 0 Å². The fraction of sp³-hybridized carbons (Fsp3) is 0.600. The molecule has 0 unspecified atom stereocenters. The average molecular weight is 262 g/mol. The third-order valence-corrected chi connectivity index (χ3v) is 4.28. The van der Waals surface area contributed by atoms with E-state index in [1.807, 2.05) is 19.9 Å². The number of pyridine rings is 1. The van der Waals surface area contributed by atoms with Crippen molar-refractivity contribution in [2.45, 2.75) is 40.5 Å². The first-order valence-corrected chi connectivity index (χ1v) is 6.81. The summed E-state index contributed by atoms with van der Waals surface area (Å²) >= 11 is 0. The van der Waals surface area contributed by atoms with E-state index in [0.717, 1.165) is 17.8 Å². The molecule has 1 heterocycles. The molecule has 0 aliphatic heterocycles. The standard InChI is InChI=1S/C15H22N2O2/c1-9(2)15(5-6-15)8-16-13-12(14(18)19)10(3)7-11(4)17-13/h7,9H,5-6,8H2,1-4H3,(H,16,17)(H,18,19). The molecule has 2 N–H and O–H groups in total. The summed E-state index contributed by atoms with van der Waals surface area (Å²) in [7, 11) is 0. The molecule has 1 aliphatic rings. The maximum Gasteiger partial charge on any atom is 0.339 e. The van der Waals surface area contributed by atoms with Crippen LogP contribution in [0.15, 0.2) is 6.07 Å². The quantitative estimate of drug-likeness (QED) is 0.855. The van der Waals surface area contributed by atoms with E-state index in [4.69, 9.17) is 0 Å². The molecule has 1 aromatic heterocycles. The minimum Gasteiger partial charge on any atom is -0.478 e. The minimum atomic E-state index is -0.915. The molecular weight excluding hydrogens is 240 g/mol. The van der Waals surface area contributed by atoms with Crippen molar-refractivity contribution in [1.29, 1.82) is 0 Å². The van der Waals surface area contributed by atoms with Gasteiger partial charge in [0.25, 0.3) is 0 Å². The second-order valence-corrected chi connectivity index (χ2v) is 5.98. The lowest BCUT2D eigenvalue weighted by atomic mass is 9.92. The van der Waals surface area contributed by atoms with Crippen LogP contribution in [0.1, 0.15) is 48.3 Å². The SMILES string of the molecule is Cc1cc(C)c(C(=O)O)c(NCC2(C(C)C)CC2)n1. The zero-order valence-electron chi connectivity index (χ0n) is 12.1. The minimum absolute atomic E-state index is 0.296. The molecule has 0 radical (unpaired) electrons. The largest absolute Gasteiger partial charge is 0.478 e. The van der Waals surface area contributed by atoms with E-state index < -0.39 is 5.97 Å². The average Bonchev–Trinajstić information content (AvgIpc) is 3.05. The van der Waals surface area contributed by atoms with Gasteiger partial charge in [0.1, 0.15) is 11.4 Å². The highest BCUT2D eigenvalue weighted by atomic mass is 16.4. The lowest BCUT2D eigenvalue weighted by molar-refractivity contribution is 0.0696. The number of hydrogen-bond acceptors (Lipinski definition) is 3. The van der Waals surface area contributed by atoms with Gasteiger partial charge in [-0.05, 0) is 49.7 Å². The van der Waals surface area contributed by atoms with Gasteiger partial charge in [0.15, 0.2) is 0 Å². The summed E-state index contributed by atoms with van der Waals surface area (Å²) < 4.78 is 0. The molecule has 1 fully saturated rings. The highest BCUT2D eigenvalue weighted by Crippen LogP contribution is 2.51. The zero-order valence-corrected chi connectivity index (χ0v) is 12.1. The first kappa shape index (κ1) is 13.8. The summed E-state index contributed by atoms with van der Waals surface area (Å²) in [6.45, 7) is 8.96. The second-order valence-electron chi connectivity index (χ2n) is 5.98. The van der Waals surface area contributed by atoms with Gasteiger partial charge >= 0.3 is 5.97 Å². The summed E-state index contributed by atoms with van der Waals surface area (Å²) in [6.07, 6.45) is 2.43.